The number of carboxylic acids is 1. The molecule has 1 heterocycles. The van der Waals surface area contributed by atoms with Crippen molar-refractivity contribution in [2.75, 3.05) is 0 Å². The summed E-state index contributed by atoms with van der Waals surface area (Å²) in [6.07, 6.45) is -1.03. The lowest BCUT2D eigenvalue weighted by Gasteiger charge is -2.29. The van der Waals surface area contributed by atoms with Crippen molar-refractivity contribution in [1.82, 2.24) is 5.32 Å². The van der Waals surface area contributed by atoms with Crippen LogP contribution in [0.15, 0.2) is 21.2 Å². The zero-order valence-electron chi connectivity index (χ0n) is 11.8. The second-order valence-electron chi connectivity index (χ2n) is 5.63. The largest absolute Gasteiger partial charge is 0.481 e. The number of hydrogen-bond donors (Lipinski definition) is 2. The van der Waals surface area contributed by atoms with Crippen LogP contribution in [0.25, 0.3) is 0 Å². The standard InChI is InChI=1S/C13H18BrNO5/c1-12(2,3)20-11(18)15-13(4,7-10(16)17)8-5-6-9(14)19-8/h5-6H,7H2,1-4H3,(H,15,18)(H,16,17). The van der Waals surface area contributed by atoms with Crippen molar-refractivity contribution in [3.05, 3.63) is 22.6 Å². The van der Waals surface area contributed by atoms with Crippen molar-refractivity contribution in [2.24, 2.45) is 0 Å². The van der Waals surface area contributed by atoms with Gasteiger partial charge in [-0.05, 0) is 55.8 Å². The third-order valence-electron chi connectivity index (χ3n) is 2.40. The van der Waals surface area contributed by atoms with Gasteiger partial charge in [0.1, 0.15) is 16.9 Å². The van der Waals surface area contributed by atoms with Gasteiger partial charge in [0.05, 0.1) is 6.42 Å². The fourth-order valence-electron chi connectivity index (χ4n) is 1.64. The first-order valence-electron chi connectivity index (χ1n) is 6.01. The maximum Gasteiger partial charge on any atom is 0.408 e. The molecule has 20 heavy (non-hydrogen) atoms. The summed E-state index contributed by atoms with van der Waals surface area (Å²) in [4.78, 5) is 22.9. The fraction of sp³-hybridized carbons (Fsp3) is 0.538. The molecule has 0 saturated carbocycles. The van der Waals surface area contributed by atoms with Gasteiger partial charge in [0.2, 0.25) is 0 Å². The van der Waals surface area contributed by atoms with Gasteiger partial charge in [-0.2, -0.15) is 0 Å². The Morgan fingerprint density at radius 3 is 2.35 bits per heavy atom. The van der Waals surface area contributed by atoms with Gasteiger partial charge in [0.15, 0.2) is 4.67 Å². The van der Waals surface area contributed by atoms with E-state index in [9.17, 15) is 9.59 Å². The first-order chi connectivity index (χ1) is 9.02. The van der Waals surface area contributed by atoms with Crippen LogP contribution in [-0.2, 0) is 15.1 Å². The molecule has 1 amide bonds. The van der Waals surface area contributed by atoms with Crippen LogP contribution in [0.5, 0.6) is 0 Å². The van der Waals surface area contributed by atoms with Gasteiger partial charge < -0.3 is 19.6 Å². The van der Waals surface area contributed by atoms with E-state index >= 15 is 0 Å². The van der Waals surface area contributed by atoms with E-state index in [0.29, 0.717) is 10.4 Å². The summed E-state index contributed by atoms with van der Waals surface area (Å²) >= 11 is 3.15. The molecule has 0 saturated heterocycles. The molecule has 0 aliphatic carbocycles. The zero-order valence-corrected chi connectivity index (χ0v) is 13.4. The van der Waals surface area contributed by atoms with Crippen LogP contribution >= 0.6 is 15.9 Å². The molecule has 6 nitrogen and oxygen atoms in total. The van der Waals surface area contributed by atoms with Gasteiger partial charge in [0, 0.05) is 0 Å². The number of nitrogens with one attached hydrogen (secondary N) is 1. The predicted octanol–water partition coefficient (Wildman–Crippen LogP) is 3.26. The lowest BCUT2D eigenvalue weighted by atomic mass is 9.95. The van der Waals surface area contributed by atoms with Crippen LogP contribution in [0.4, 0.5) is 4.79 Å². The predicted molar refractivity (Wildman–Crippen MR) is 75.4 cm³/mol. The molecular formula is C13H18BrNO5. The lowest BCUT2D eigenvalue weighted by Crippen LogP contribution is -2.46. The molecule has 1 aromatic heterocycles. The average molecular weight is 348 g/mol. The van der Waals surface area contributed by atoms with Gasteiger partial charge in [-0.25, -0.2) is 4.79 Å². The smallest absolute Gasteiger partial charge is 0.408 e. The van der Waals surface area contributed by atoms with Crippen molar-refractivity contribution in [1.29, 1.82) is 0 Å². The molecule has 0 radical (unpaired) electrons. The van der Waals surface area contributed by atoms with Crippen LogP contribution in [0.2, 0.25) is 0 Å². The number of carbonyl (C=O) groups is 2. The van der Waals surface area contributed by atoms with E-state index in [1.54, 1.807) is 39.8 Å². The van der Waals surface area contributed by atoms with E-state index in [0.717, 1.165) is 0 Å². The minimum absolute atomic E-state index is 0.327. The minimum atomic E-state index is -1.19. The van der Waals surface area contributed by atoms with E-state index in [-0.39, 0.29) is 6.42 Å². The average Bonchev–Trinajstić information content (AvgIpc) is 2.60. The summed E-state index contributed by atoms with van der Waals surface area (Å²) in [7, 11) is 0. The Morgan fingerprint density at radius 1 is 1.35 bits per heavy atom. The fourth-order valence-corrected chi connectivity index (χ4v) is 1.94. The van der Waals surface area contributed by atoms with Gasteiger partial charge in [0.25, 0.3) is 0 Å². The SMILES string of the molecule is CC(C)(C)OC(=O)NC(C)(CC(=O)O)c1ccc(Br)o1. The summed E-state index contributed by atoms with van der Waals surface area (Å²) in [5.74, 6) is -0.728. The Bertz CT molecular complexity index is 505. The van der Waals surface area contributed by atoms with E-state index in [2.05, 4.69) is 21.2 Å². The highest BCUT2D eigenvalue weighted by Crippen LogP contribution is 2.29. The highest BCUT2D eigenvalue weighted by Gasteiger charge is 2.36. The molecule has 2 N–H and O–H groups in total. The molecule has 7 heteroatoms. The number of amides is 1. The van der Waals surface area contributed by atoms with Crippen LogP contribution in [0.3, 0.4) is 0 Å². The Hall–Kier alpha value is -1.50. The van der Waals surface area contributed by atoms with Crippen molar-refractivity contribution < 1.29 is 23.8 Å². The molecule has 1 unspecified atom stereocenters. The summed E-state index contributed by atoms with van der Waals surface area (Å²) in [6, 6.07) is 3.23. The molecule has 112 valence electrons. The molecule has 1 atom stereocenters. The highest BCUT2D eigenvalue weighted by atomic mass is 79.9. The number of carbonyl (C=O) groups excluding carboxylic acids is 1. The van der Waals surface area contributed by atoms with Gasteiger partial charge in [-0.1, -0.05) is 0 Å². The van der Waals surface area contributed by atoms with Crippen molar-refractivity contribution in [2.45, 2.75) is 45.3 Å². The van der Waals surface area contributed by atoms with Crippen LogP contribution in [0, 0.1) is 0 Å². The Balaban J connectivity index is 2.95. The van der Waals surface area contributed by atoms with Gasteiger partial charge >= 0.3 is 12.1 Å². The lowest BCUT2D eigenvalue weighted by molar-refractivity contribution is -0.138. The van der Waals surface area contributed by atoms with Gasteiger partial charge in [-0.15, -0.1) is 0 Å². The van der Waals surface area contributed by atoms with E-state index < -0.39 is 23.2 Å². The minimum Gasteiger partial charge on any atom is -0.481 e. The van der Waals surface area contributed by atoms with Crippen LogP contribution < -0.4 is 5.32 Å². The van der Waals surface area contributed by atoms with E-state index in [1.807, 2.05) is 0 Å². The zero-order chi connectivity index (χ0) is 15.6. The molecule has 1 aromatic rings. The number of carboxylic acid groups (broad SMARTS) is 1. The number of halogens is 1. The first-order valence-corrected chi connectivity index (χ1v) is 6.80. The van der Waals surface area contributed by atoms with Crippen molar-refractivity contribution in [3.63, 3.8) is 0 Å². The quantitative estimate of drug-likeness (QED) is 0.872. The van der Waals surface area contributed by atoms with E-state index in [1.165, 1.54) is 0 Å². The Labute approximate surface area is 125 Å². The monoisotopic (exact) mass is 347 g/mol. The summed E-state index contributed by atoms with van der Waals surface area (Å²) in [6.45, 7) is 6.75. The van der Waals surface area contributed by atoms with Crippen molar-refractivity contribution >= 4 is 28.0 Å². The summed E-state index contributed by atoms with van der Waals surface area (Å²) in [5.41, 5.74) is -1.86. The maximum absolute atomic E-state index is 11.9. The molecule has 1 rings (SSSR count). The van der Waals surface area contributed by atoms with Crippen LogP contribution in [0.1, 0.15) is 39.9 Å². The number of rotatable bonds is 4. The second kappa shape index (κ2) is 5.87. The summed E-state index contributed by atoms with van der Waals surface area (Å²) in [5, 5.41) is 11.6. The van der Waals surface area contributed by atoms with E-state index in [4.69, 9.17) is 14.3 Å². The maximum atomic E-state index is 11.9. The summed E-state index contributed by atoms with van der Waals surface area (Å²) < 4.78 is 11.0. The van der Waals surface area contributed by atoms with Gasteiger partial charge in [-0.3, -0.25) is 4.79 Å². The third kappa shape index (κ3) is 4.88. The molecule has 0 aliphatic rings. The Morgan fingerprint density at radius 2 is 1.95 bits per heavy atom. The number of aliphatic carboxylic acids is 1. The molecule has 0 bridgehead atoms. The Kier molecular flexibility index (Phi) is 4.86. The third-order valence-corrected chi connectivity index (χ3v) is 2.82. The number of alkyl carbamates (subject to hydrolysis) is 1. The van der Waals surface area contributed by atoms with Crippen LogP contribution in [-0.4, -0.2) is 22.8 Å². The normalized spacial score (nSPS) is 14.4. The second-order valence-corrected chi connectivity index (χ2v) is 6.41. The molecule has 0 fully saturated rings. The number of hydrogen-bond acceptors (Lipinski definition) is 4. The van der Waals surface area contributed by atoms with Crippen molar-refractivity contribution in [3.8, 4) is 0 Å². The molecule has 0 aromatic carbocycles. The molecule has 0 spiro atoms. The highest BCUT2D eigenvalue weighted by molar-refractivity contribution is 9.10. The number of ether oxygens (including phenoxy) is 1. The topological polar surface area (TPSA) is 88.8 Å². The molecule has 0 aliphatic heterocycles. The first kappa shape index (κ1) is 16.6. The number of furan rings is 1. The molecular weight excluding hydrogens is 330 g/mol.